The van der Waals surface area contributed by atoms with Crippen LogP contribution in [0.15, 0.2) is 78.0 Å². The second kappa shape index (κ2) is 12.1. The van der Waals surface area contributed by atoms with Crippen molar-refractivity contribution in [3.8, 4) is 5.75 Å². The van der Waals surface area contributed by atoms with Crippen molar-refractivity contribution in [2.45, 2.75) is 37.0 Å². The lowest BCUT2D eigenvalue weighted by molar-refractivity contribution is -0.153. The summed E-state index contributed by atoms with van der Waals surface area (Å²) in [5.41, 5.74) is 2.57. The predicted octanol–water partition coefficient (Wildman–Crippen LogP) is 2.83. The number of esters is 1. The molecule has 3 heterocycles. The molecule has 1 unspecified atom stereocenters. The fraction of sp³-hybridized carbons (Fsp3) is 0.345. The Balaban J connectivity index is 1.31. The number of allylic oxidation sites excluding steroid dienone is 1. The van der Waals surface area contributed by atoms with Gasteiger partial charge in [0.25, 0.3) is 5.91 Å². The van der Waals surface area contributed by atoms with E-state index in [1.54, 1.807) is 24.3 Å². The Morgan fingerprint density at radius 2 is 1.90 bits per heavy atom. The third-order valence-corrected chi connectivity index (χ3v) is 8.10. The van der Waals surface area contributed by atoms with Crippen LogP contribution in [-0.4, -0.2) is 71.7 Å². The molecule has 2 aromatic carbocycles. The maximum Gasteiger partial charge on any atom is 0.355 e. The minimum Gasteiger partial charge on any atom is -0.497 e. The monoisotopic (exact) mass is 549 g/mol. The van der Waals surface area contributed by atoms with Gasteiger partial charge >= 0.3 is 5.97 Å². The smallest absolute Gasteiger partial charge is 0.355 e. The molecule has 9 nitrogen and oxygen atoms in total. The molecule has 3 aliphatic heterocycles. The molecular formula is C29H31N3O6S. The quantitative estimate of drug-likeness (QED) is 0.377. The van der Waals surface area contributed by atoms with E-state index >= 15 is 0 Å². The zero-order valence-corrected chi connectivity index (χ0v) is 22.7. The van der Waals surface area contributed by atoms with Crippen molar-refractivity contribution in [3.05, 3.63) is 89.1 Å². The van der Waals surface area contributed by atoms with Crippen molar-refractivity contribution in [1.82, 2.24) is 15.3 Å². The van der Waals surface area contributed by atoms with Crippen molar-refractivity contribution < 1.29 is 28.7 Å². The molecule has 10 heteroatoms. The number of benzene rings is 2. The van der Waals surface area contributed by atoms with E-state index in [9.17, 15) is 14.4 Å². The first-order chi connectivity index (χ1) is 18.9. The molecule has 1 N–H and O–H groups in total. The minimum absolute atomic E-state index is 0.0525. The van der Waals surface area contributed by atoms with Crippen LogP contribution in [0, 0.1) is 0 Å². The summed E-state index contributed by atoms with van der Waals surface area (Å²) in [7, 11) is 3.46. The predicted molar refractivity (Wildman–Crippen MR) is 146 cm³/mol. The standard InChI is InChI=1S/C29H31N3O6S/c1-31-15-14-23(38-31)13-10-21-18-39-28-25(30-24(33)16-19-6-4-3-5-7-19)27(34)32(28)26(21)29(35)37-17-20-8-11-22(36-2)12-9-20/h3-13,23,25,28H,14-18H2,1-2H3,(H,30,33)/b13-10+/t23?,25-,28-/m1/s1. The number of carbonyl (C=O) groups is 3. The molecule has 5 rings (SSSR count). The summed E-state index contributed by atoms with van der Waals surface area (Å²) in [6, 6.07) is 15.9. The van der Waals surface area contributed by atoms with Gasteiger partial charge in [0.2, 0.25) is 5.91 Å². The van der Waals surface area contributed by atoms with Crippen molar-refractivity contribution in [2.24, 2.45) is 0 Å². The highest BCUT2D eigenvalue weighted by atomic mass is 32.2. The number of β-lactam (4-membered cyclic amide) rings is 1. The molecule has 0 radical (unpaired) electrons. The Bertz CT molecular complexity index is 1280. The van der Waals surface area contributed by atoms with Crippen LogP contribution in [0.2, 0.25) is 0 Å². The lowest BCUT2D eigenvalue weighted by atomic mass is 10.0. The molecule has 3 atom stereocenters. The molecule has 0 spiro atoms. The summed E-state index contributed by atoms with van der Waals surface area (Å²) in [4.78, 5) is 46.5. The van der Waals surface area contributed by atoms with Gasteiger partial charge in [-0.1, -0.05) is 54.6 Å². The highest BCUT2D eigenvalue weighted by Crippen LogP contribution is 2.41. The van der Waals surface area contributed by atoms with Crippen LogP contribution in [0.3, 0.4) is 0 Å². The summed E-state index contributed by atoms with van der Waals surface area (Å²) in [5.74, 6) is 0.0561. The number of nitrogens with zero attached hydrogens (tertiary/aromatic N) is 2. The van der Waals surface area contributed by atoms with Crippen LogP contribution in [0.1, 0.15) is 17.5 Å². The van der Waals surface area contributed by atoms with Crippen LogP contribution in [0.4, 0.5) is 0 Å². The number of hydroxylamine groups is 2. The van der Waals surface area contributed by atoms with E-state index in [1.165, 1.54) is 16.7 Å². The Hall–Kier alpha value is -3.60. The third-order valence-electron chi connectivity index (χ3n) is 6.80. The SMILES string of the molecule is COc1ccc(COC(=O)C2=C(/C=C/C3CCN(C)O3)CS[C@@H]3[C@H](NC(=O)Cc4ccccc4)C(=O)N23)cc1. The maximum atomic E-state index is 13.4. The van der Waals surface area contributed by atoms with E-state index in [0.717, 1.165) is 24.1 Å². The second-order valence-corrected chi connectivity index (χ2v) is 10.7. The number of ether oxygens (including phenoxy) is 2. The van der Waals surface area contributed by atoms with Crippen molar-refractivity contribution in [2.75, 3.05) is 26.5 Å². The number of methoxy groups -OCH3 is 1. The molecule has 3 aliphatic rings. The summed E-state index contributed by atoms with van der Waals surface area (Å²) < 4.78 is 10.8. The first kappa shape index (κ1) is 27.0. The van der Waals surface area contributed by atoms with Gasteiger partial charge in [-0.2, -0.15) is 5.06 Å². The summed E-state index contributed by atoms with van der Waals surface area (Å²) in [6.07, 6.45) is 4.69. The van der Waals surface area contributed by atoms with Crippen molar-refractivity contribution in [3.63, 3.8) is 0 Å². The fourth-order valence-electron chi connectivity index (χ4n) is 4.71. The van der Waals surface area contributed by atoms with Gasteiger partial charge < -0.3 is 14.8 Å². The molecule has 0 saturated carbocycles. The van der Waals surface area contributed by atoms with Gasteiger partial charge in [0.15, 0.2) is 0 Å². The number of hydrogen-bond acceptors (Lipinski definition) is 8. The zero-order valence-electron chi connectivity index (χ0n) is 21.9. The third kappa shape index (κ3) is 6.19. The van der Waals surface area contributed by atoms with E-state index in [2.05, 4.69) is 5.32 Å². The second-order valence-electron chi connectivity index (χ2n) is 9.56. The lowest BCUT2D eigenvalue weighted by Crippen LogP contribution is -2.70. The van der Waals surface area contributed by atoms with Gasteiger partial charge in [0.1, 0.15) is 29.5 Å². The molecule has 2 aromatic rings. The molecule has 204 valence electrons. The number of nitrogens with one attached hydrogen (secondary N) is 1. The normalized spacial score (nSPS) is 23.0. The van der Waals surface area contributed by atoms with Gasteiger partial charge in [0.05, 0.1) is 19.6 Å². The van der Waals surface area contributed by atoms with E-state index in [4.69, 9.17) is 14.3 Å². The lowest BCUT2D eigenvalue weighted by Gasteiger charge is -2.49. The number of thioether (sulfide) groups is 1. The summed E-state index contributed by atoms with van der Waals surface area (Å²) in [5, 5.41) is 4.25. The van der Waals surface area contributed by atoms with Crippen LogP contribution in [-0.2, 0) is 37.0 Å². The van der Waals surface area contributed by atoms with Crippen LogP contribution in [0.25, 0.3) is 0 Å². The van der Waals surface area contributed by atoms with E-state index < -0.39 is 12.0 Å². The summed E-state index contributed by atoms with van der Waals surface area (Å²) >= 11 is 1.51. The molecule has 2 saturated heterocycles. The van der Waals surface area contributed by atoms with Gasteiger partial charge in [0, 0.05) is 19.3 Å². The zero-order chi connectivity index (χ0) is 27.4. The number of fused-ring (bicyclic) bond motifs is 1. The van der Waals surface area contributed by atoms with Crippen LogP contribution >= 0.6 is 11.8 Å². The minimum atomic E-state index is -0.701. The highest BCUT2D eigenvalue weighted by molar-refractivity contribution is 8.00. The number of rotatable bonds is 9. The number of hydrogen-bond donors (Lipinski definition) is 1. The first-order valence-corrected chi connectivity index (χ1v) is 13.8. The fourth-order valence-corrected chi connectivity index (χ4v) is 6.02. The Morgan fingerprint density at radius 1 is 1.13 bits per heavy atom. The van der Waals surface area contributed by atoms with E-state index in [1.807, 2.05) is 61.7 Å². The van der Waals surface area contributed by atoms with Gasteiger partial charge in [-0.25, -0.2) is 4.79 Å². The number of carbonyl (C=O) groups excluding carboxylic acids is 3. The number of amides is 2. The molecule has 0 aliphatic carbocycles. The average Bonchev–Trinajstić information content (AvgIpc) is 3.38. The largest absolute Gasteiger partial charge is 0.497 e. The Kier molecular flexibility index (Phi) is 8.35. The molecule has 39 heavy (non-hydrogen) atoms. The average molecular weight is 550 g/mol. The van der Waals surface area contributed by atoms with Gasteiger partial charge in [-0.3, -0.25) is 19.3 Å². The van der Waals surface area contributed by atoms with Crippen LogP contribution < -0.4 is 10.1 Å². The Morgan fingerprint density at radius 3 is 2.59 bits per heavy atom. The van der Waals surface area contributed by atoms with Crippen molar-refractivity contribution in [1.29, 1.82) is 0 Å². The maximum absolute atomic E-state index is 13.4. The van der Waals surface area contributed by atoms with Gasteiger partial charge in [-0.05, 0) is 35.3 Å². The van der Waals surface area contributed by atoms with Gasteiger partial charge in [-0.15, -0.1) is 11.8 Å². The van der Waals surface area contributed by atoms with Crippen molar-refractivity contribution >= 4 is 29.5 Å². The summed E-state index contributed by atoms with van der Waals surface area (Å²) in [6.45, 7) is 0.869. The highest BCUT2D eigenvalue weighted by Gasteiger charge is 2.54. The molecule has 2 amide bonds. The Labute approximate surface area is 231 Å². The molecule has 0 aromatic heterocycles. The molecule has 0 bridgehead atoms. The van der Waals surface area contributed by atoms with E-state index in [-0.39, 0.29) is 42.0 Å². The molecular weight excluding hydrogens is 518 g/mol. The molecule has 2 fully saturated rings. The first-order valence-electron chi connectivity index (χ1n) is 12.8. The van der Waals surface area contributed by atoms with Crippen LogP contribution in [0.5, 0.6) is 5.75 Å². The van der Waals surface area contributed by atoms with E-state index in [0.29, 0.717) is 17.1 Å². The topological polar surface area (TPSA) is 97.4 Å².